The van der Waals surface area contributed by atoms with Crippen LogP contribution in [0.1, 0.15) is 12.5 Å². The van der Waals surface area contributed by atoms with E-state index in [1.807, 2.05) is 0 Å². The van der Waals surface area contributed by atoms with Gasteiger partial charge in [0.15, 0.2) is 0 Å². The summed E-state index contributed by atoms with van der Waals surface area (Å²) < 4.78 is 0. The smallest absolute Gasteiger partial charge is 0.168 e. The molecule has 0 aliphatic rings. The van der Waals surface area contributed by atoms with Crippen LogP contribution in [0, 0.1) is 0 Å². The molecule has 0 heterocycles. The van der Waals surface area contributed by atoms with Crippen LogP contribution in [-0.2, 0) is 6.42 Å². The number of rotatable bonds is 1. The van der Waals surface area contributed by atoms with Crippen LogP contribution in [0.15, 0.2) is 36.4 Å². The Morgan fingerprint density at radius 3 is 2.67 bits per heavy atom. The van der Waals surface area contributed by atoms with Crippen LogP contribution in [0.2, 0.25) is 0 Å². The van der Waals surface area contributed by atoms with Crippen LogP contribution in [0.4, 0.5) is 0 Å². The molecule has 0 saturated carbocycles. The first kappa shape index (κ1) is 9.91. The molecule has 0 amide bonds. The molecule has 0 aliphatic heterocycles. The average molecular weight is 166 g/mol. The molecule has 0 bridgehead atoms. The third-order valence-electron chi connectivity index (χ3n) is 2.15. The van der Waals surface area contributed by atoms with Crippen LogP contribution in [0.25, 0.3) is 10.8 Å². The Labute approximate surface area is 95.2 Å². The van der Waals surface area contributed by atoms with E-state index in [2.05, 4.69) is 43.3 Å². The Kier molecular flexibility index (Phi) is 3.45. The second kappa shape index (κ2) is 4.18. The van der Waals surface area contributed by atoms with Crippen molar-refractivity contribution >= 4 is 10.8 Å². The predicted molar refractivity (Wildman–Crippen MR) is 48.9 cm³/mol. The summed E-state index contributed by atoms with van der Waals surface area (Å²) in [6, 6.07) is 12.9. The Morgan fingerprint density at radius 1 is 1.17 bits per heavy atom. The van der Waals surface area contributed by atoms with Gasteiger partial charge in [0.2, 0.25) is 0 Å². The Hall–Kier alpha value is -0.170. The van der Waals surface area contributed by atoms with Crippen LogP contribution in [0.3, 0.4) is 0 Å². The second-order valence-electron chi connectivity index (χ2n) is 2.80. The largest absolute Gasteiger partial charge is 1.00 e. The minimum Gasteiger partial charge on any atom is -0.168 e. The van der Waals surface area contributed by atoms with Gasteiger partial charge in [-0.25, -0.2) is 0 Å². The molecule has 0 N–H and O–H groups in total. The maximum Gasteiger partial charge on any atom is 1.00 e. The maximum absolute atomic E-state index is 2.21. The minimum atomic E-state index is 0. The molecule has 2 aromatic carbocycles. The van der Waals surface area contributed by atoms with E-state index >= 15 is 0 Å². The van der Waals surface area contributed by atoms with Gasteiger partial charge in [0, 0.05) is 0 Å². The zero-order valence-corrected chi connectivity index (χ0v) is 9.67. The van der Waals surface area contributed by atoms with Crippen molar-refractivity contribution in [2.45, 2.75) is 13.3 Å². The number of benzene rings is 1. The molecule has 0 spiro atoms. The van der Waals surface area contributed by atoms with Crippen molar-refractivity contribution in [1.82, 2.24) is 0 Å². The van der Waals surface area contributed by atoms with Crippen molar-refractivity contribution in [2.24, 2.45) is 0 Å². The van der Waals surface area contributed by atoms with Crippen molar-refractivity contribution in [3.63, 3.8) is 0 Å². The van der Waals surface area contributed by atoms with Gasteiger partial charge in [0.25, 0.3) is 0 Å². The van der Waals surface area contributed by atoms with Gasteiger partial charge in [0.1, 0.15) is 0 Å². The minimum absolute atomic E-state index is 0. The molecule has 0 aliphatic carbocycles. The molecule has 1 heteroatoms. The number of fused-ring (bicyclic) bond motifs is 1. The van der Waals surface area contributed by atoms with Crippen molar-refractivity contribution in [3.05, 3.63) is 42.0 Å². The van der Waals surface area contributed by atoms with Crippen LogP contribution >= 0.6 is 0 Å². The zero-order valence-electron chi connectivity index (χ0n) is 7.67. The van der Waals surface area contributed by atoms with E-state index in [-0.39, 0.29) is 29.6 Å². The molecule has 12 heavy (non-hydrogen) atoms. The fourth-order valence-electron chi connectivity index (χ4n) is 1.52. The zero-order chi connectivity index (χ0) is 7.68. The van der Waals surface area contributed by atoms with Gasteiger partial charge in [-0.1, -0.05) is 19.4 Å². The van der Waals surface area contributed by atoms with Crippen molar-refractivity contribution in [2.75, 3.05) is 0 Å². The van der Waals surface area contributed by atoms with Gasteiger partial charge in [-0.05, 0) is 0 Å². The molecule has 0 unspecified atom stereocenters. The monoisotopic (exact) mass is 166 g/mol. The Morgan fingerprint density at radius 2 is 1.92 bits per heavy atom. The molecule has 0 fully saturated rings. The van der Waals surface area contributed by atoms with Gasteiger partial charge in [-0.2, -0.15) is 6.07 Å². The molecule has 0 atom stereocenters. The predicted octanol–water partition coefficient (Wildman–Crippen LogP) is 0.125. The van der Waals surface area contributed by atoms with Crippen LogP contribution < -0.4 is 29.6 Å². The van der Waals surface area contributed by atoms with Crippen LogP contribution in [0.5, 0.6) is 0 Å². The van der Waals surface area contributed by atoms with Gasteiger partial charge < -0.3 is 0 Å². The second-order valence-corrected chi connectivity index (χ2v) is 2.80. The van der Waals surface area contributed by atoms with E-state index in [1.54, 1.807) is 0 Å². The summed E-state index contributed by atoms with van der Waals surface area (Å²) in [5.41, 5.74) is 1.46. The van der Waals surface area contributed by atoms with E-state index in [4.69, 9.17) is 0 Å². The van der Waals surface area contributed by atoms with Crippen molar-refractivity contribution in [3.8, 4) is 0 Å². The van der Waals surface area contributed by atoms with E-state index in [9.17, 15) is 0 Å². The molecule has 0 aromatic heterocycles. The molecule has 0 saturated heterocycles. The van der Waals surface area contributed by atoms with Crippen molar-refractivity contribution in [1.29, 1.82) is 0 Å². The normalized spacial score (nSPS) is 9.75. The number of hydrogen-bond donors (Lipinski definition) is 0. The number of aryl methyl sites for hydroxylation is 1. The van der Waals surface area contributed by atoms with E-state index in [1.165, 1.54) is 16.3 Å². The molecular formula is C11H11Na. The first-order chi connectivity index (χ1) is 5.42. The van der Waals surface area contributed by atoms with Gasteiger partial charge in [-0.15, -0.1) is 40.6 Å². The SMILES string of the molecule is CC[c-]1ccc2ccccc21.[Na+]. The van der Waals surface area contributed by atoms with E-state index in [0.29, 0.717) is 0 Å². The Bertz CT molecular complexity index is 360. The quantitative estimate of drug-likeness (QED) is 0.417. The van der Waals surface area contributed by atoms with Gasteiger partial charge in [-0.3, -0.25) is 0 Å². The standard InChI is InChI=1S/C11H11.Na/c1-2-9-7-8-10-5-3-4-6-11(9)10;/h3-8H,2H2,1H3;/q-1;+1. The Balaban J connectivity index is 0.000000720. The molecule has 2 aromatic rings. The third-order valence-corrected chi connectivity index (χ3v) is 2.15. The maximum atomic E-state index is 2.21. The van der Waals surface area contributed by atoms with Crippen LogP contribution in [-0.4, -0.2) is 0 Å². The summed E-state index contributed by atoms with van der Waals surface area (Å²) in [5, 5.41) is 2.78. The fourth-order valence-corrected chi connectivity index (χ4v) is 1.52. The summed E-state index contributed by atoms with van der Waals surface area (Å²) in [5.74, 6) is 0. The molecule has 0 radical (unpaired) electrons. The topological polar surface area (TPSA) is 0 Å². The molecule has 0 nitrogen and oxygen atoms in total. The van der Waals surface area contributed by atoms with E-state index < -0.39 is 0 Å². The fraction of sp³-hybridized carbons (Fsp3) is 0.182. The summed E-state index contributed by atoms with van der Waals surface area (Å²) >= 11 is 0. The summed E-state index contributed by atoms with van der Waals surface area (Å²) in [7, 11) is 0. The van der Waals surface area contributed by atoms with E-state index in [0.717, 1.165) is 6.42 Å². The number of hydrogen-bond acceptors (Lipinski definition) is 0. The van der Waals surface area contributed by atoms with Gasteiger partial charge in [0.05, 0.1) is 0 Å². The molecular weight excluding hydrogens is 155 g/mol. The molecule has 2 rings (SSSR count). The summed E-state index contributed by atoms with van der Waals surface area (Å²) in [6.45, 7) is 2.20. The van der Waals surface area contributed by atoms with Gasteiger partial charge >= 0.3 is 29.6 Å². The summed E-state index contributed by atoms with van der Waals surface area (Å²) in [4.78, 5) is 0. The average Bonchev–Trinajstić information content (AvgIpc) is 2.47. The first-order valence-electron chi connectivity index (χ1n) is 4.05. The third kappa shape index (κ3) is 1.61. The van der Waals surface area contributed by atoms with Crippen molar-refractivity contribution < 1.29 is 29.6 Å². The molecule has 56 valence electrons. The first-order valence-corrected chi connectivity index (χ1v) is 4.05. The summed E-state index contributed by atoms with van der Waals surface area (Å²) in [6.07, 6.45) is 1.13.